The van der Waals surface area contributed by atoms with E-state index >= 15 is 0 Å². The highest BCUT2D eigenvalue weighted by molar-refractivity contribution is 5.74. The van der Waals surface area contributed by atoms with Crippen molar-refractivity contribution in [2.75, 3.05) is 6.61 Å². The van der Waals surface area contributed by atoms with Gasteiger partial charge in [0.1, 0.15) is 0 Å². The van der Waals surface area contributed by atoms with Gasteiger partial charge in [-0.15, -0.1) is 0 Å². The second-order valence-corrected chi connectivity index (χ2v) is 2.41. The number of ether oxygens (including phenoxy) is 2. The van der Waals surface area contributed by atoms with Gasteiger partial charge >= 0.3 is 5.97 Å². The van der Waals surface area contributed by atoms with Gasteiger partial charge in [0.15, 0.2) is 12.4 Å². The molecule has 4 heteroatoms. The van der Waals surface area contributed by atoms with Crippen LogP contribution in [0.1, 0.15) is 19.8 Å². The average molecular weight is 160 g/mol. The number of carbonyl (C=O) groups excluding carboxylic acids is 1. The summed E-state index contributed by atoms with van der Waals surface area (Å²) in [6.45, 7) is 2.10. The topological polar surface area (TPSA) is 55.8 Å². The molecular formula is C7H12O4. The van der Waals surface area contributed by atoms with Crippen LogP contribution in [0, 0.1) is 0 Å². The maximum atomic E-state index is 10.9. The van der Waals surface area contributed by atoms with E-state index in [9.17, 15) is 4.79 Å². The summed E-state index contributed by atoms with van der Waals surface area (Å²) in [7, 11) is 0. The van der Waals surface area contributed by atoms with Crippen LogP contribution in [-0.4, -0.2) is 30.1 Å². The number of carbonyl (C=O) groups is 1. The Bertz CT molecular complexity index is 145. The predicted octanol–water partition coefficient (Wildman–Crippen LogP) is 0.0469. The molecule has 0 aromatic carbocycles. The SMILES string of the molecule is CCOC(=O)C1CCC(O)O1. The standard InChI is InChI=1S/C7H12O4/c1-2-10-7(9)5-3-4-6(8)11-5/h5-6,8H,2-4H2,1H3. The van der Waals surface area contributed by atoms with E-state index in [0.29, 0.717) is 19.4 Å². The van der Waals surface area contributed by atoms with E-state index in [1.54, 1.807) is 6.92 Å². The van der Waals surface area contributed by atoms with Crippen LogP contribution in [0.3, 0.4) is 0 Å². The van der Waals surface area contributed by atoms with Crippen LogP contribution in [0.25, 0.3) is 0 Å². The van der Waals surface area contributed by atoms with Crippen LogP contribution >= 0.6 is 0 Å². The molecule has 0 saturated carbocycles. The van der Waals surface area contributed by atoms with Crippen LogP contribution in [0.5, 0.6) is 0 Å². The molecule has 0 aromatic rings. The molecule has 1 rings (SSSR count). The van der Waals surface area contributed by atoms with Crippen molar-refractivity contribution in [3.63, 3.8) is 0 Å². The Morgan fingerprint density at radius 3 is 2.91 bits per heavy atom. The van der Waals surface area contributed by atoms with Crippen LogP contribution in [0.2, 0.25) is 0 Å². The van der Waals surface area contributed by atoms with Gasteiger partial charge in [-0.1, -0.05) is 0 Å². The molecule has 0 amide bonds. The first-order valence-corrected chi connectivity index (χ1v) is 3.74. The van der Waals surface area contributed by atoms with Gasteiger partial charge in [-0.2, -0.15) is 0 Å². The van der Waals surface area contributed by atoms with E-state index in [-0.39, 0.29) is 5.97 Å². The van der Waals surface area contributed by atoms with Crippen LogP contribution in [-0.2, 0) is 14.3 Å². The molecule has 2 atom stereocenters. The molecule has 11 heavy (non-hydrogen) atoms. The first-order chi connectivity index (χ1) is 5.24. The Hall–Kier alpha value is -0.610. The van der Waals surface area contributed by atoms with Crippen molar-refractivity contribution in [2.45, 2.75) is 32.2 Å². The van der Waals surface area contributed by atoms with E-state index < -0.39 is 12.4 Å². The Kier molecular flexibility index (Phi) is 2.84. The van der Waals surface area contributed by atoms with Crippen LogP contribution in [0.4, 0.5) is 0 Å². The number of aliphatic hydroxyl groups is 1. The maximum absolute atomic E-state index is 10.9. The lowest BCUT2D eigenvalue weighted by Crippen LogP contribution is -2.23. The minimum absolute atomic E-state index is 0.356. The minimum Gasteiger partial charge on any atom is -0.464 e. The molecule has 0 radical (unpaired) electrons. The van der Waals surface area contributed by atoms with E-state index in [1.165, 1.54) is 0 Å². The van der Waals surface area contributed by atoms with Gasteiger partial charge in [-0.3, -0.25) is 0 Å². The highest BCUT2D eigenvalue weighted by Crippen LogP contribution is 2.18. The van der Waals surface area contributed by atoms with Gasteiger partial charge < -0.3 is 14.6 Å². The molecule has 1 aliphatic rings. The van der Waals surface area contributed by atoms with Crippen molar-refractivity contribution >= 4 is 5.97 Å². The lowest BCUT2D eigenvalue weighted by molar-refractivity contribution is -0.164. The van der Waals surface area contributed by atoms with Gasteiger partial charge in [-0.05, 0) is 13.3 Å². The van der Waals surface area contributed by atoms with Crippen molar-refractivity contribution in [1.29, 1.82) is 0 Å². The fourth-order valence-electron chi connectivity index (χ4n) is 1.03. The lowest BCUT2D eigenvalue weighted by atomic mass is 10.2. The Morgan fingerprint density at radius 1 is 1.73 bits per heavy atom. The summed E-state index contributed by atoms with van der Waals surface area (Å²) in [6, 6.07) is 0. The second kappa shape index (κ2) is 3.69. The number of hydrogen-bond donors (Lipinski definition) is 1. The van der Waals surface area contributed by atoms with Crippen molar-refractivity contribution < 1.29 is 19.4 Å². The predicted molar refractivity (Wildman–Crippen MR) is 36.7 cm³/mol. The molecule has 0 spiro atoms. The summed E-state index contributed by atoms with van der Waals surface area (Å²) in [5.74, 6) is -0.371. The molecule has 64 valence electrons. The summed E-state index contributed by atoms with van der Waals surface area (Å²) >= 11 is 0. The zero-order valence-electron chi connectivity index (χ0n) is 6.45. The third kappa shape index (κ3) is 2.17. The highest BCUT2D eigenvalue weighted by atomic mass is 16.6. The lowest BCUT2D eigenvalue weighted by Gasteiger charge is -2.08. The maximum Gasteiger partial charge on any atom is 0.335 e. The summed E-state index contributed by atoms with van der Waals surface area (Å²) in [5.41, 5.74) is 0. The van der Waals surface area contributed by atoms with Gasteiger partial charge in [0, 0.05) is 6.42 Å². The smallest absolute Gasteiger partial charge is 0.335 e. The largest absolute Gasteiger partial charge is 0.464 e. The molecule has 4 nitrogen and oxygen atoms in total. The van der Waals surface area contributed by atoms with Crippen molar-refractivity contribution in [1.82, 2.24) is 0 Å². The fraction of sp³-hybridized carbons (Fsp3) is 0.857. The number of hydrogen-bond acceptors (Lipinski definition) is 4. The third-order valence-electron chi connectivity index (χ3n) is 1.55. The van der Waals surface area contributed by atoms with Gasteiger partial charge in [0.2, 0.25) is 0 Å². The zero-order valence-corrected chi connectivity index (χ0v) is 6.45. The van der Waals surface area contributed by atoms with Crippen molar-refractivity contribution in [2.24, 2.45) is 0 Å². The molecule has 1 aliphatic heterocycles. The molecule has 1 saturated heterocycles. The normalized spacial score (nSPS) is 30.4. The minimum atomic E-state index is -0.788. The van der Waals surface area contributed by atoms with Crippen molar-refractivity contribution in [3.8, 4) is 0 Å². The fourth-order valence-corrected chi connectivity index (χ4v) is 1.03. The second-order valence-electron chi connectivity index (χ2n) is 2.41. The molecule has 0 aliphatic carbocycles. The molecule has 2 unspecified atom stereocenters. The van der Waals surface area contributed by atoms with E-state index in [1.807, 2.05) is 0 Å². The quantitative estimate of drug-likeness (QED) is 0.580. The first-order valence-electron chi connectivity index (χ1n) is 3.74. The van der Waals surface area contributed by atoms with E-state index in [2.05, 4.69) is 0 Å². The van der Waals surface area contributed by atoms with Gasteiger partial charge in [-0.25, -0.2) is 4.79 Å². The number of rotatable bonds is 2. The summed E-state index contributed by atoms with van der Waals surface area (Å²) in [6.07, 6.45) is -0.266. The molecule has 0 aromatic heterocycles. The van der Waals surface area contributed by atoms with Crippen LogP contribution in [0.15, 0.2) is 0 Å². The Balaban J connectivity index is 2.31. The zero-order chi connectivity index (χ0) is 8.27. The molecule has 0 bridgehead atoms. The Labute approximate surface area is 65.1 Å². The summed E-state index contributed by atoms with van der Waals surface area (Å²) in [5, 5.41) is 8.89. The van der Waals surface area contributed by atoms with Crippen LogP contribution < -0.4 is 0 Å². The average Bonchev–Trinajstić information content (AvgIpc) is 2.36. The van der Waals surface area contributed by atoms with Crippen molar-refractivity contribution in [3.05, 3.63) is 0 Å². The monoisotopic (exact) mass is 160 g/mol. The summed E-state index contributed by atoms with van der Waals surface area (Å²) < 4.78 is 9.56. The molecule has 1 fully saturated rings. The number of esters is 1. The summed E-state index contributed by atoms with van der Waals surface area (Å²) in [4.78, 5) is 10.9. The van der Waals surface area contributed by atoms with Gasteiger partial charge in [0.05, 0.1) is 6.61 Å². The van der Waals surface area contributed by atoms with Gasteiger partial charge in [0.25, 0.3) is 0 Å². The molecule has 1 heterocycles. The van der Waals surface area contributed by atoms with E-state index in [4.69, 9.17) is 14.6 Å². The molecular weight excluding hydrogens is 148 g/mol. The first kappa shape index (κ1) is 8.49. The highest BCUT2D eigenvalue weighted by Gasteiger charge is 2.30. The third-order valence-corrected chi connectivity index (χ3v) is 1.55. The molecule has 1 N–H and O–H groups in total. The van der Waals surface area contributed by atoms with E-state index in [0.717, 1.165) is 0 Å². The Morgan fingerprint density at radius 2 is 2.45 bits per heavy atom. The number of aliphatic hydroxyl groups excluding tert-OH is 1.